The van der Waals surface area contributed by atoms with Gasteiger partial charge in [-0.15, -0.1) is 0 Å². The number of nitrogens with two attached hydrogens (primary N) is 1. The van der Waals surface area contributed by atoms with Gasteiger partial charge in [0.15, 0.2) is 0 Å². The average molecular weight is 264 g/mol. The summed E-state index contributed by atoms with van der Waals surface area (Å²) in [6.07, 6.45) is 11.5. The standard InChI is InChI=1S/C17H32N2/c1-3-16-5-4-8-17(16,12-18)19(2)11-15-10-13-6-7-14(15)9-13/h13-16H,3-12,18H2,1-2H3. The summed E-state index contributed by atoms with van der Waals surface area (Å²) in [5.74, 6) is 3.93. The molecule has 0 aliphatic heterocycles. The fourth-order valence-electron chi connectivity index (χ4n) is 5.77. The summed E-state index contributed by atoms with van der Waals surface area (Å²) in [5.41, 5.74) is 6.57. The summed E-state index contributed by atoms with van der Waals surface area (Å²) < 4.78 is 0. The molecule has 0 spiro atoms. The van der Waals surface area contributed by atoms with Gasteiger partial charge in [0.05, 0.1) is 0 Å². The summed E-state index contributed by atoms with van der Waals surface area (Å²) in [6.45, 7) is 4.53. The maximum Gasteiger partial charge on any atom is 0.0356 e. The second-order valence-corrected chi connectivity index (χ2v) is 7.62. The molecule has 19 heavy (non-hydrogen) atoms. The van der Waals surface area contributed by atoms with Crippen LogP contribution in [-0.2, 0) is 0 Å². The summed E-state index contributed by atoms with van der Waals surface area (Å²) in [6, 6.07) is 0. The molecule has 3 aliphatic carbocycles. The van der Waals surface area contributed by atoms with Crippen molar-refractivity contribution in [2.75, 3.05) is 20.1 Å². The molecule has 0 heterocycles. The van der Waals surface area contributed by atoms with Crippen LogP contribution in [-0.4, -0.2) is 30.6 Å². The Kier molecular flexibility index (Phi) is 3.92. The number of rotatable bonds is 5. The number of nitrogens with zero attached hydrogens (tertiary/aromatic N) is 1. The highest BCUT2D eigenvalue weighted by atomic mass is 15.2. The minimum atomic E-state index is 0.330. The lowest BCUT2D eigenvalue weighted by Gasteiger charge is -2.44. The molecule has 3 fully saturated rings. The van der Waals surface area contributed by atoms with Crippen LogP contribution in [0.1, 0.15) is 58.3 Å². The van der Waals surface area contributed by atoms with Crippen LogP contribution in [0.15, 0.2) is 0 Å². The first-order chi connectivity index (χ1) is 9.19. The van der Waals surface area contributed by atoms with E-state index < -0.39 is 0 Å². The van der Waals surface area contributed by atoms with Gasteiger partial charge in [-0.1, -0.05) is 26.2 Å². The Morgan fingerprint density at radius 1 is 1.21 bits per heavy atom. The van der Waals surface area contributed by atoms with Gasteiger partial charge in [0.2, 0.25) is 0 Å². The van der Waals surface area contributed by atoms with Gasteiger partial charge in [0.25, 0.3) is 0 Å². The zero-order valence-electron chi connectivity index (χ0n) is 12.9. The van der Waals surface area contributed by atoms with Crippen LogP contribution < -0.4 is 5.73 Å². The third-order valence-corrected chi connectivity index (χ3v) is 6.92. The molecule has 3 aliphatic rings. The molecule has 0 amide bonds. The predicted molar refractivity (Wildman–Crippen MR) is 81.0 cm³/mol. The molecule has 0 aromatic heterocycles. The van der Waals surface area contributed by atoms with Crippen molar-refractivity contribution in [1.29, 1.82) is 0 Å². The minimum Gasteiger partial charge on any atom is -0.329 e. The first-order valence-corrected chi connectivity index (χ1v) is 8.61. The smallest absolute Gasteiger partial charge is 0.0356 e. The molecule has 0 saturated heterocycles. The fraction of sp³-hybridized carbons (Fsp3) is 1.00. The number of hydrogen-bond acceptors (Lipinski definition) is 2. The van der Waals surface area contributed by atoms with Crippen molar-refractivity contribution in [3.63, 3.8) is 0 Å². The Bertz CT molecular complexity index is 316. The van der Waals surface area contributed by atoms with Crippen LogP contribution in [0.3, 0.4) is 0 Å². The first kappa shape index (κ1) is 13.9. The Hall–Kier alpha value is -0.0800. The van der Waals surface area contributed by atoms with Crippen LogP contribution in [0.4, 0.5) is 0 Å². The van der Waals surface area contributed by atoms with Crippen molar-refractivity contribution in [3.05, 3.63) is 0 Å². The summed E-state index contributed by atoms with van der Waals surface area (Å²) >= 11 is 0. The van der Waals surface area contributed by atoms with Crippen LogP contribution >= 0.6 is 0 Å². The Morgan fingerprint density at radius 3 is 2.63 bits per heavy atom. The van der Waals surface area contributed by atoms with Gasteiger partial charge in [-0.25, -0.2) is 0 Å². The van der Waals surface area contributed by atoms with Crippen molar-refractivity contribution >= 4 is 0 Å². The van der Waals surface area contributed by atoms with Crippen LogP contribution in [0.2, 0.25) is 0 Å². The van der Waals surface area contributed by atoms with Gasteiger partial charge in [-0.05, 0) is 62.8 Å². The zero-order chi connectivity index (χ0) is 13.5. The molecule has 0 aromatic rings. The third-order valence-electron chi connectivity index (χ3n) is 6.92. The van der Waals surface area contributed by atoms with Gasteiger partial charge >= 0.3 is 0 Å². The molecule has 2 bridgehead atoms. The molecule has 5 atom stereocenters. The number of hydrogen-bond donors (Lipinski definition) is 1. The maximum absolute atomic E-state index is 6.24. The Labute approximate surface area is 119 Å². The van der Waals surface area contributed by atoms with Crippen molar-refractivity contribution in [2.24, 2.45) is 29.4 Å². The zero-order valence-corrected chi connectivity index (χ0v) is 12.9. The van der Waals surface area contributed by atoms with Crippen molar-refractivity contribution < 1.29 is 0 Å². The average Bonchev–Trinajstić information content (AvgIpc) is 3.12. The van der Waals surface area contributed by atoms with E-state index in [-0.39, 0.29) is 0 Å². The molecule has 0 radical (unpaired) electrons. The van der Waals surface area contributed by atoms with E-state index in [1.807, 2.05) is 0 Å². The van der Waals surface area contributed by atoms with Crippen LogP contribution in [0.25, 0.3) is 0 Å². The highest BCUT2D eigenvalue weighted by Crippen LogP contribution is 2.50. The highest BCUT2D eigenvalue weighted by Gasteiger charge is 2.46. The SMILES string of the molecule is CCC1CCCC1(CN)N(C)CC1CC2CCC1C2. The van der Waals surface area contributed by atoms with E-state index in [1.54, 1.807) is 0 Å². The van der Waals surface area contributed by atoms with Crippen LogP contribution in [0.5, 0.6) is 0 Å². The van der Waals surface area contributed by atoms with Gasteiger partial charge < -0.3 is 5.73 Å². The number of likely N-dealkylation sites (N-methyl/N-ethyl adjacent to an activating group) is 1. The second-order valence-electron chi connectivity index (χ2n) is 7.62. The summed E-state index contributed by atoms with van der Waals surface area (Å²) in [5, 5.41) is 0. The third kappa shape index (κ3) is 2.25. The van der Waals surface area contributed by atoms with Crippen LogP contribution in [0, 0.1) is 23.7 Å². The largest absolute Gasteiger partial charge is 0.329 e. The lowest BCUT2D eigenvalue weighted by Crippen LogP contribution is -2.56. The highest BCUT2D eigenvalue weighted by molar-refractivity contribution is 5.02. The molecule has 0 aromatic carbocycles. The van der Waals surface area contributed by atoms with E-state index in [9.17, 15) is 0 Å². The quantitative estimate of drug-likeness (QED) is 0.826. The molecule has 3 rings (SSSR count). The lowest BCUT2D eigenvalue weighted by atomic mass is 9.81. The monoisotopic (exact) mass is 264 g/mol. The topological polar surface area (TPSA) is 29.3 Å². The second kappa shape index (κ2) is 5.37. The lowest BCUT2D eigenvalue weighted by molar-refractivity contribution is 0.0564. The fourth-order valence-corrected chi connectivity index (χ4v) is 5.77. The summed E-state index contributed by atoms with van der Waals surface area (Å²) in [7, 11) is 2.37. The van der Waals surface area contributed by atoms with Gasteiger partial charge in [-0.2, -0.15) is 0 Å². The van der Waals surface area contributed by atoms with E-state index in [4.69, 9.17) is 5.73 Å². The molecule has 2 N–H and O–H groups in total. The van der Waals surface area contributed by atoms with Crippen molar-refractivity contribution in [3.8, 4) is 0 Å². The summed E-state index contributed by atoms with van der Waals surface area (Å²) in [4.78, 5) is 2.69. The maximum atomic E-state index is 6.24. The molecular weight excluding hydrogens is 232 g/mol. The Balaban J connectivity index is 1.66. The van der Waals surface area contributed by atoms with E-state index in [1.165, 1.54) is 57.9 Å². The van der Waals surface area contributed by atoms with Crippen molar-refractivity contribution in [1.82, 2.24) is 4.90 Å². The number of fused-ring (bicyclic) bond motifs is 2. The molecule has 110 valence electrons. The van der Waals surface area contributed by atoms with Gasteiger partial charge in [0, 0.05) is 18.6 Å². The molecular formula is C17H32N2. The van der Waals surface area contributed by atoms with Gasteiger partial charge in [-0.3, -0.25) is 4.90 Å². The predicted octanol–water partition coefficient (Wildman–Crippen LogP) is 3.26. The van der Waals surface area contributed by atoms with Gasteiger partial charge in [0.1, 0.15) is 0 Å². The first-order valence-electron chi connectivity index (χ1n) is 8.61. The molecule has 2 nitrogen and oxygen atoms in total. The molecule has 2 heteroatoms. The van der Waals surface area contributed by atoms with E-state index in [2.05, 4.69) is 18.9 Å². The minimum absolute atomic E-state index is 0.330. The van der Waals surface area contributed by atoms with E-state index >= 15 is 0 Å². The Morgan fingerprint density at radius 2 is 2.05 bits per heavy atom. The molecule has 5 unspecified atom stereocenters. The van der Waals surface area contributed by atoms with Crippen molar-refractivity contribution in [2.45, 2.75) is 63.8 Å². The van der Waals surface area contributed by atoms with E-state index in [0.29, 0.717) is 5.54 Å². The molecule has 3 saturated carbocycles. The van der Waals surface area contributed by atoms with E-state index in [0.717, 1.165) is 30.2 Å². The normalized spacial score (nSPS) is 45.5.